The largest absolute Gasteiger partial charge is 0.379 e. The van der Waals surface area contributed by atoms with Crippen LogP contribution in [0.3, 0.4) is 0 Å². The van der Waals surface area contributed by atoms with E-state index in [4.69, 9.17) is 4.74 Å². The van der Waals surface area contributed by atoms with Crippen LogP contribution in [0.15, 0.2) is 4.99 Å². The Morgan fingerprint density at radius 1 is 1.26 bits per heavy atom. The summed E-state index contributed by atoms with van der Waals surface area (Å²) in [6.07, 6.45) is 0.993. The number of guanidine groups is 1. The first-order valence-electron chi connectivity index (χ1n) is 6.60. The highest BCUT2D eigenvalue weighted by molar-refractivity contribution is 7.89. The highest BCUT2D eigenvalue weighted by Crippen LogP contribution is 2.04. The highest BCUT2D eigenvalue weighted by Gasteiger charge is 2.23. The van der Waals surface area contributed by atoms with E-state index >= 15 is 0 Å². The van der Waals surface area contributed by atoms with Gasteiger partial charge in [0.25, 0.3) is 0 Å². The first-order chi connectivity index (χ1) is 9.10. The van der Waals surface area contributed by atoms with Crippen molar-refractivity contribution in [1.29, 1.82) is 0 Å². The van der Waals surface area contributed by atoms with E-state index in [1.165, 1.54) is 4.31 Å². The molecule has 1 aliphatic heterocycles. The van der Waals surface area contributed by atoms with Gasteiger partial charge in [0.05, 0.1) is 19.0 Å². The minimum atomic E-state index is -3.20. The van der Waals surface area contributed by atoms with Crippen LogP contribution in [0.25, 0.3) is 0 Å². The average Bonchev–Trinajstić information content (AvgIpc) is 2.43. The van der Waals surface area contributed by atoms with Crippen molar-refractivity contribution in [2.45, 2.75) is 13.3 Å². The van der Waals surface area contributed by atoms with Gasteiger partial charge in [0.1, 0.15) is 0 Å². The molecule has 112 valence electrons. The third kappa shape index (κ3) is 5.75. The molecule has 1 heterocycles. The van der Waals surface area contributed by atoms with Gasteiger partial charge in [-0.2, -0.15) is 4.31 Å². The topological polar surface area (TPSA) is 83.0 Å². The van der Waals surface area contributed by atoms with Crippen LogP contribution in [-0.2, 0) is 14.8 Å². The molecule has 1 saturated heterocycles. The van der Waals surface area contributed by atoms with Crippen LogP contribution in [0, 0.1) is 0 Å². The molecule has 0 aromatic carbocycles. The number of rotatable bonds is 6. The molecule has 1 rings (SSSR count). The Balaban J connectivity index is 2.34. The fourth-order valence-electron chi connectivity index (χ4n) is 1.72. The van der Waals surface area contributed by atoms with Gasteiger partial charge in [0.2, 0.25) is 10.0 Å². The Kier molecular flexibility index (Phi) is 7.11. The number of morpholine rings is 1. The molecule has 0 aromatic rings. The number of nitrogens with zero attached hydrogens (tertiary/aromatic N) is 2. The molecule has 7 nitrogen and oxygen atoms in total. The summed E-state index contributed by atoms with van der Waals surface area (Å²) >= 11 is 0. The standard InChI is InChI=1S/C11H24N4O3S/c1-3-4-13-11(12-2)14-5-10-19(16,17)15-6-8-18-9-7-15/h3-10H2,1-2H3,(H2,12,13,14). The number of hydrogen-bond acceptors (Lipinski definition) is 4. The summed E-state index contributed by atoms with van der Waals surface area (Å²) in [6, 6.07) is 0. The van der Waals surface area contributed by atoms with Crippen molar-refractivity contribution in [1.82, 2.24) is 14.9 Å². The molecule has 1 fully saturated rings. The monoisotopic (exact) mass is 292 g/mol. The molecule has 0 radical (unpaired) electrons. The minimum Gasteiger partial charge on any atom is -0.379 e. The number of hydrogen-bond donors (Lipinski definition) is 2. The maximum Gasteiger partial charge on any atom is 0.215 e. The molecule has 0 aliphatic carbocycles. The Bertz CT molecular complexity index is 377. The van der Waals surface area contributed by atoms with Crippen molar-refractivity contribution in [3.05, 3.63) is 0 Å². The molecule has 0 saturated carbocycles. The predicted molar refractivity (Wildman–Crippen MR) is 75.8 cm³/mol. The fourth-order valence-corrected chi connectivity index (χ4v) is 3.04. The van der Waals surface area contributed by atoms with E-state index in [-0.39, 0.29) is 5.75 Å². The molecule has 0 aromatic heterocycles. The van der Waals surface area contributed by atoms with Crippen LogP contribution in [0.5, 0.6) is 0 Å². The lowest BCUT2D eigenvalue weighted by molar-refractivity contribution is 0.0730. The first kappa shape index (κ1) is 16.2. The van der Waals surface area contributed by atoms with Gasteiger partial charge in [-0.05, 0) is 6.42 Å². The van der Waals surface area contributed by atoms with Crippen molar-refractivity contribution in [3.63, 3.8) is 0 Å². The molecule has 0 spiro atoms. The number of aliphatic imine (C=N–C) groups is 1. The second-order valence-corrected chi connectivity index (χ2v) is 6.34. The summed E-state index contributed by atoms with van der Waals surface area (Å²) in [5.41, 5.74) is 0. The van der Waals surface area contributed by atoms with Gasteiger partial charge in [-0.1, -0.05) is 6.92 Å². The van der Waals surface area contributed by atoms with E-state index in [2.05, 4.69) is 22.5 Å². The lowest BCUT2D eigenvalue weighted by Crippen LogP contribution is -2.45. The van der Waals surface area contributed by atoms with Crippen molar-refractivity contribution < 1.29 is 13.2 Å². The Morgan fingerprint density at radius 3 is 2.47 bits per heavy atom. The molecule has 19 heavy (non-hydrogen) atoms. The lowest BCUT2D eigenvalue weighted by Gasteiger charge is -2.26. The van der Waals surface area contributed by atoms with Gasteiger partial charge < -0.3 is 15.4 Å². The van der Waals surface area contributed by atoms with Crippen molar-refractivity contribution in [3.8, 4) is 0 Å². The zero-order valence-corrected chi connectivity index (χ0v) is 12.5. The lowest BCUT2D eigenvalue weighted by atomic mass is 10.5. The van der Waals surface area contributed by atoms with E-state index in [9.17, 15) is 8.42 Å². The average molecular weight is 292 g/mol. The molecule has 0 atom stereocenters. The summed E-state index contributed by atoms with van der Waals surface area (Å²) in [6.45, 7) is 5.08. The van der Waals surface area contributed by atoms with Crippen molar-refractivity contribution in [2.24, 2.45) is 4.99 Å². The van der Waals surface area contributed by atoms with E-state index in [1.807, 2.05) is 0 Å². The molecular formula is C11H24N4O3S. The van der Waals surface area contributed by atoms with Crippen LogP contribution in [0.4, 0.5) is 0 Å². The maximum atomic E-state index is 12.0. The minimum absolute atomic E-state index is 0.0693. The van der Waals surface area contributed by atoms with Gasteiger partial charge in [0, 0.05) is 33.2 Å². The fraction of sp³-hybridized carbons (Fsp3) is 0.909. The molecular weight excluding hydrogens is 268 g/mol. The van der Waals surface area contributed by atoms with Crippen molar-refractivity contribution in [2.75, 3.05) is 52.2 Å². The van der Waals surface area contributed by atoms with Crippen LogP contribution in [0.1, 0.15) is 13.3 Å². The summed E-state index contributed by atoms with van der Waals surface area (Å²) in [4.78, 5) is 4.02. The number of nitrogens with one attached hydrogen (secondary N) is 2. The summed E-state index contributed by atoms with van der Waals surface area (Å²) in [5, 5.41) is 6.10. The van der Waals surface area contributed by atoms with Gasteiger partial charge in [-0.3, -0.25) is 4.99 Å². The van der Waals surface area contributed by atoms with E-state index in [1.54, 1.807) is 7.05 Å². The van der Waals surface area contributed by atoms with Crippen LogP contribution >= 0.6 is 0 Å². The normalized spacial score (nSPS) is 18.3. The Labute approximate surface area is 115 Å². The summed E-state index contributed by atoms with van der Waals surface area (Å²) in [7, 11) is -1.53. The second kappa shape index (κ2) is 8.34. The van der Waals surface area contributed by atoms with Gasteiger partial charge in [-0.25, -0.2) is 8.42 Å². The van der Waals surface area contributed by atoms with Crippen LogP contribution < -0.4 is 10.6 Å². The van der Waals surface area contributed by atoms with Gasteiger partial charge in [0.15, 0.2) is 5.96 Å². The predicted octanol–water partition coefficient (Wildman–Crippen LogP) is -0.777. The smallest absolute Gasteiger partial charge is 0.215 e. The number of sulfonamides is 1. The third-order valence-corrected chi connectivity index (χ3v) is 4.65. The van der Waals surface area contributed by atoms with Crippen LogP contribution in [-0.4, -0.2) is 70.9 Å². The molecule has 0 amide bonds. The Hall–Kier alpha value is -0.860. The van der Waals surface area contributed by atoms with Crippen molar-refractivity contribution >= 4 is 16.0 Å². The quantitative estimate of drug-likeness (QED) is 0.496. The second-order valence-electron chi connectivity index (χ2n) is 4.25. The first-order valence-corrected chi connectivity index (χ1v) is 8.21. The SMILES string of the molecule is CCCNC(=NC)NCCS(=O)(=O)N1CCOCC1. The third-order valence-electron chi connectivity index (χ3n) is 2.78. The molecule has 0 unspecified atom stereocenters. The van der Waals surface area contributed by atoms with Gasteiger partial charge >= 0.3 is 0 Å². The zero-order valence-electron chi connectivity index (χ0n) is 11.7. The number of ether oxygens (including phenoxy) is 1. The van der Waals surface area contributed by atoms with Gasteiger partial charge in [-0.15, -0.1) is 0 Å². The van der Waals surface area contributed by atoms with Crippen LogP contribution in [0.2, 0.25) is 0 Å². The molecule has 8 heteroatoms. The Morgan fingerprint density at radius 2 is 1.89 bits per heavy atom. The highest BCUT2D eigenvalue weighted by atomic mass is 32.2. The maximum absolute atomic E-state index is 12.0. The van der Waals surface area contributed by atoms with E-state index < -0.39 is 10.0 Å². The molecule has 0 bridgehead atoms. The molecule has 2 N–H and O–H groups in total. The zero-order chi connectivity index (χ0) is 14.1. The van der Waals surface area contributed by atoms with E-state index in [0.717, 1.165) is 13.0 Å². The molecule has 1 aliphatic rings. The van der Waals surface area contributed by atoms with E-state index in [0.29, 0.717) is 38.8 Å². The summed E-state index contributed by atoms with van der Waals surface area (Å²) < 4.78 is 30.7. The summed E-state index contributed by atoms with van der Waals surface area (Å²) in [5.74, 6) is 0.707.